The maximum Gasteiger partial charge on any atom is 0.308 e. The first-order valence-corrected chi connectivity index (χ1v) is 17.6. The Bertz CT molecular complexity index is 1380. The first-order chi connectivity index (χ1) is 22.0. The van der Waals surface area contributed by atoms with Crippen molar-refractivity contribution in [3.8, 4) is 11.5 Å². The molecule has 2 unspecified atom stereocenters. The number of fused-ring (bicyclic) bond motifs is 5. The summed E-state index contributed by atoms with van der Waals surface area (Å²) < 4.78 is 11.6. The van der Waals surface area contributed by atoms with E-state index in [1.807, 2.05) is 31.9 Å². The molecular weight excluding hydrogens is 574 g/mol. The number of rotatable bonds is 13. The summed E-state index contributed by atoms with van der Waals surface area (Å²) in [5.74, 6) is 2.25. The molecule has 0 aliphatic heterocycles. The number of aliphatic hydroxyl groups is 1. The summed E-state index contributed by atoms with van der Waals surface area (Å²) in [7, 11) is 1.88. The zero-order valence-corrected chi connectivity index (χ0v) is 28.7. The van der Waals surface area contributed by atoms with Crippen LogP contribution >= 0.6 is 0 Å². The lowest BCUT2D eigenvalue weighted by molar-refractivity contribution is -0.132. The van der Waals surface area contributed by atoms with Crippen molar-refractivity contribution in [1.82, 2.24) is 4.90 Å². The predicted octanol–water partition coefficient (Wildman–Crippen LogP) is 8.37. The van der Waals surface area contributed by atoms with Gasteiger partial charge < -0.3 is 19.5 Å². The molecule has 2 aromatic rings. The van der Waals surface area contributed by atoms with Gasteiger partial charge in [-0.25, -0.2) is 0 Å². The van der Waals surface area contributed by atoms with E-state index < -0.39 is 0 Å². The van der Waals surface area contributed by atoms with Gasteiger partial charge >= 0.3 is 5.97 Å². The van der Waals surface area contributed by atoms with Crippen LogP contribution in [0.15, 0.2) is 55.1 Å². The van der Waals surface area contributed by atoms with Crippen LogP contribution in [0.25, 0.3) is 0 Å². The molecule has 5 rings (SSSR count). The molecule has 0 radical (unpaired) electrons. The average molecular weight is 630 g/mol. The molecule has 6 nitrogen and oxygen atoms in total. The highest BCUT2D eigenvalue weighted by Gasteiger charge is 2.63. The zero-order valence-electron chi connectivity index (χ0n) is 28.7. The standard InChI is InChI=1S/C40H55NO5/c1-7-40-23-22-30-25-32(46-28(4)42)18-19-33(30)38(40)34(26-39(5)35(40)20-21-36(39)43)29-14-16-31(17-15-29)45-24-12-10-8-9-11-13-37(44)41(6)27(2)3/h7,14-19,25,27,34-36,38,43H,1,8-13,20-24,26H2,2-6H3/t34-,35?,36+,38?,39+,40+/m1/s1. The van der Waals surface area contributed by atoms with E-state index in [0.29, 0.717) is 24.7 Å². The molecule has 2 fully saturated rings. The van der Waals surface area contributed by atoms with Crippen molar-refractivity contribution in [3.63, 3.8) is 0 Å². The summed E-state index contributed by atoms with van der Waals surface area (Å²) in [6.45, 7) is 13.0. The van der Waals surface area contributed by atoms with Gasteiger partial charge in [0.2, 0.25) is 5.91 Å². The van der Waals surface area contributed by atoms with Gasteiger partial charge in [0, 0.05) is 32.4 Å². The summed E-state index contributed by atoms with van der Waals surface area (Å²) in [6, 6.07) is 15.1. The summed E-state index contributed by atoms with van der Waals surface area (Å²) in [5.41, 5.74) is 3.57. The number of nitrogens with zero attached hydrogens (tertiary/aromatic N) is 1. The third kappa shape index (κ3) is 6.79. The van der Waals surface area contributed by atoms with E-state index in [0.717, 1.165) is 70.0 Å². The number of allylic oxidation sites excluding steroid dienone is 1. The number of hydrogen-bond donors (Lipinski definition) is 1. The fourth-order valence-electron chi connectivity index (χ4n) is 9.13. The molecule has 0 saturated heterocycles. The third-order valence-electron chi connectivity index (χ3n) is 11.8. The summed E-state index contributed by atoms with van der Waals surface area (Å²) in [6.07, 6.45) is 12.5. The van der Waals surface area contributed by atoms with Gasteiger partial charge in [-0.2, -0.15) is 0 Å². The molecule has 0 heterocycles. The van der Waals surface area contributed by atoms with Gasteiger partial charge in [-0.05, 0) is 122 Å². The Morgan fingerprint density at radius 3 is 2.43 bits per heavy atom. The Morgan fingerprint density at radius 1 is 1.04 bits per heavy atom. The molecule has 3 aliphatic rings. The molecule has 0 aromatic heterocycles. The number of carbonyl (C=O) groups is 2. The highest BCUT2D eigenvalue weighted by Crippen LogP contribution is 2.71. The number of ether oxygens (including phenoxy) is 2. The molecule has 250 valence electrons. The molecule has 0 bridgehead atoms. The van der Waals surface area contributed by atoms with E-state index in [2.05, 4.69) is 56.0 Å². The number of esters is 1. The number of unbranched alkanes of at least 4 members (excludes halogenated alkanes) is 4. The van der Waals surface area contributed by atoms with Gasteiger partial charge in [0.15, 0.2) is 0 Å². The number of aryl methyl sites for hydroxylation is 1. The molecule has 2 aromatic carbocycles. The van der Waals surface area contributed by atoms with Gasteiger partial charge in [-0.3, -0.25) is 9.59 Å². The van der Waals surface area contributed by atoms with Crippen molar-refractivity contribution >= 4 is 11.9 Å². The molecule has 6 heteroatoms. The summed E-state index contributed by atoms with van der Waals surface area (Å²) in [5, 5.41) is 11.3. The molecule has 1 amide bonds. The molecule has 46 heavy (non-hydrogen) atoms. The van der Waals surface area contributed by atoms with Crippen LogP contribution in [0.3, 0.4) is 0 Å². The fraction of sp³-hybridized carbons (Fsp3) is 0.600. The minimum Gasteiger partial charge on any atom is -0.494 e. The van der Waals surface area contributed by atoms with Crippen molar-refractivity contribution in [2.75, 3.05) is 13.7 Å². The van der Waals surface area contributed by atoms with Gasteiger partial charge in [0.25, 0.3) is 0 Å². The Balaban J connectivity index is 1.26. The van der Waals surface area contributed by atoms with E-state index in [4.69, 9.17) is 9.47 Å². The zero-order chi connectivity index (χ0) is 33.1. The van der Waals surface area contributed by atoms with Crippen LogP contribution in [-0.4, -0.2) is 47.7 Å². The third-order valence-corrected chi connectivity index (χ3v) is 11.8. The summed E-state index contributed by atoms with van der Waals surface area (Å²) in [4.78, 5) is 25.7. The van der Waals surface area contributed by atoms with E-state index >= 15 is 0 Å². The first kappa shape index (κ1) is 34.2. The number of hydrogen-bond acceptors (Lipinski definition) is 5. The maximum atomic E-state index is 12.2. The second-order valence-corrected chi connectivity index (χ2v) is 14.7. The van der Waals surface area contributed by atoms with Crippen LogP contribution in [0.5, 0.6) is 11.5 Å². The average Bonchev–Trinajstić information content (AvgIpc) is 3.34. The van der Waals surface area contributed by atoms with Crippen LogP contribution < -0.4 is 9.47 Å². The van der Waals surface area contributed by atoms with Crippen molar-refractivity contribution in [2.45, 2.75) is 122 Å². The topological polar surface area (TPSA) is 76.1 Å². The first-order valence-electron chi connectivity index (χ1n) is 17.6. The maximum absolute atomic E-state index is 12.2. The minimum atomic E-state index is -0.310. The Kier molecular flexibility index (Phi) is 10.7. The minimum absolute atomic E-state index is 0.113. The highest BCUT2D eigenvalue weighted by atomic mass is 16.5. The number of aliphatic hydroxyl groups excluding tert-OH is 1. The lowest BCUT2D eigenvalue weighted by atomic mass is 9.44. The highest BCUT2D eigenvalue weighted by molar-refractivity contribution is 5.76. The van der Waals surface area contributed by atoms with Gasteiger partial charge in [0.1, 0.15) is 11.5 Å². The van der Waals surface area contributed by atoms with Crippen molar-refractivity contribution < 1.29 is 24.2 Å². The van der Waals surface area contributed by atoms with Crippen LogP contribution in [0.2, 0.25) is 0 Å². The quantitative estimate of drug-likeness (QED) is 0.104. The SMILES string of the molecule is C=C[C@@]12CCc3cc(OC(C)=O)ccc3C1[C@@H](c1ccc(OCCCCCCCC(=O)N(C)C(C)C)cc1)C[C@@]1(C)C2CC[C@@H]1O. The Labute approximate surface area is 276 Å². The van der Waals surface area contributed by atoms with E-state index in [1.54, 1.807) is 0 Å². The van der Waals surface area contributed by atoms with Crippen molar-refractivity contribution in [2.24, 2.45) is 16.7 Å². The lowest BCUT2D eigenvalue weighted by Gasteiger charge is -2.60. The number of carbonyl (C=O) groups excluding carboxylic acids is 2. The Hall–Kier alpha value is -3.12. The second kappa shape index (κ2) is 14.3. The van der Waals surface area contributed by atoms with Gasteiger partial charge in [0.05, 0.1) is 12.7 Å². The second-order valence-electron chi connectivity index (χ2n) is 14.7. The monoisotopic (exact) mass is 629 g/mol. The van der Waals surface area contributed by atoms with Crippen molar-refractivity contribution in [1.29, 1.82) is 0 Å². The number of amides is 1. The normalized spacial score (nSPS) is 28.2. The smallest absolute Gasteiger partial charge is 0.308 e. The molecule has 0 spiro atoms. The molecule has 6 atom stereocenters. The molecule has 2 saturated carbocycles. The van der Waals surface area contributed by atoms with Gasteiger partial charge in [-0.15, -0.1) is 6.58 Å². The Morgan fingerprint density at radius 2 is 1.74 bits per heavy atom. The molecule has 1 N–H and O–H groups in total. The van der Waals surface area contributed by atoms with Crippen molar-refractivity contribution in [3.05, 3.63) is 71.8 Å². The molecular formula is C40H55NO5. The summed E-state index contributed by atoms with van der Waals surface area (Å²) >= 11 is 0. The lowest BCUT2D eigenvalue weighted by Crippen LogP contribution is -2.53. The molecule has 3 aliphatic carbocycles. The van der Waals surface area contributed by atoms with Crippen LogP contribution in [0.1, 0.15) is 120 Å². The van der Waals surface area contributed by atoms with Crippen LogP contribution in [-0.2, 0) is 16.0 Å². The van der Waals surface area contributed by atoms with Crippen LogP contribution in [0.4, 0.5) is 0 Å². The fourth-order valence-corrected chi connectivity index (χ4v) is 9.13. The van der Waals surface area contributed by atoms with E-state index in [1.165, 1.54) is 23.6 Å². The van der Waals surface area contributed by atoms with Crippen LogP contribution in [0, 0.1) is 16.7 Å². The van der Waals surface area contributed by atoms with Gasteiger partial charge in [-0.1, -0.05) is 50.5 Å². The predicted molar refractivity (Wildman–Crippen MR) is 183 cm³/mol. The number of benzene rings is 2. The largest absolute Gasteiger partial charge is 0.494 e. The van der Waals surface area contributed by atoms with E-state index in [9.17, 15) is 14.7 Å². The van der Waals surface area contributed by atoms with E-state index in [-0.39, 0.29) is 46.7 Å².